The number of Topliss-reactive ketones (excluding diaryl/α,β-unsaturated/α-hetero) is 1. The second-order valence-corrected chi connectivity index (χ2v) is 11.2. The first-order valence-electron chi connectivity index (χ1n) is 11.6. The lowest BCUT2D eigenvalue weighted by Crippen LogP contribution is -2.55. The Labute approximate surface area is 191 Å². The van der Waals surface area contributed by atoms with E-state index in [-0.39, 0.29) is 35.5 Å². The maximum atomic E-state index is 13.1. The van der Waals surface area contributed by atoms with E-state index in [4.69, 9.17) is 0 Å². The van der Waals surface area contributed by atoms with E-state index in [1.54, 1.807) is 13.8 Å². The number of halogens is 6. The highest BCUT2D eigenvalue weighted by molar-refractivity contribution is 5.83. The van der Waals surface area contributed by atoms with Crippen LogP contribution in [0.2, 0.25) is 0 Å². The summed E-state index contributed by atoms with van der Waals surface area (Å²) in [5.74, 6) is -0.0316. The highest BCUT2D eigenvalue weighted by Gasteiger charge is 2.69. The van der Waals surface area contributed by atoms with Crippen LogP contribution in [0.5, 0.6) is 0 Å². The van der Waals surface area contributed by atoms with Crippen LogP contribution in [0, 0.1) is 22.7 Å². The van der Waals surface area contributed by atoms with Gasteiger partial charge in [-0.25, -0.2) is 0 Å². The van der Waals surface area contributed by atoms with E-state index in [0.29, 0.717) is 38.5 Å². The van der Waals surface area contributed by atoms with Gasteiger partial charge in [-0.15, -0.1) is 0 Å². The second-order valence-electron chi connectivity index (χ2n) is 11.2. The Bertz CT molecular complexity index is 722. The van der Waals surface area contributed by atoms with Crippen molar-refractivity contribution in [3.05, 3.63) is 12.2 Å². The van der Waals surface area contributed by atoms with Gasteiger partial charge in [0.1, 0.15) is 5.78 Å². The van der Waals surface area contributed by atoms with Crippen LogP contribution in [0.3, 0.4) is 0 Å². The van der Waals surface area contributed by atoms with Gasteiger partial charge in [-0.05, 0) is 81.6 Å². The maximum Gasteiger partial charge on any atom is 0.429 e. The minimum Gasteiger partial charge on any atom is -0.390 e. The molecule has 192 valence electrons. The average molecular weight is 487 g/mol. The molecular formula is C24H36F6O3. The number of hydrogen-bond donors (Lipinski definition) is 2. The fourth-order valence-electron chi connectivity index (χ4n) is 6.27. The van der Waals surface area contributed by atoms with E-state index in [2.05, 4.69) is 0 Å². The van der Waals surface area contributed by atoms with Crippen LogP contribution in [0.15, 0.2) is 12.2 Å². The molecule has 2 saturated carbocycles. The zero-order valence-electron chi connectivity index (χ0n) is 19.7. The number of ketones is 1. The fourth-order valence-corrected chi connectivity index (χ4v) is 6.27. The molecule has 0 unspecified atom stereocenters. The zero-order chi connectivity index (χ0) is 25.5. The largest absolute Gasteiger partial charge is 0.429 e. The summed E-state index contributed by atoms with van der Waals surface area (Å²) in [5, 5.41) is 19.6. The Kier molecular flexibility index (Phi) is 7.82. The average Bonchev–Trinajstić information content (AvgIpc) is 2.97. The van der Waals surface area contributed by atoms with Crippen LogP contribution in [0.4, 0.5) is 26.3 Å². The Hall–Kier alpha value is -1.09. The summed E-state index contributed by atoms with van der Waals surface area (Å²) in [5.41, 5.74) is -6.93. The van der Waals surface area contributed by atoms with Crippen molar-refractivity contribution in [2.24, 2.45) is 22.7 Å². The van der Waals surface area contributed by atoms with Gasteiger partial charge in [-0.3, -0.25) is 4.79 Å². The molecule has 0 aromatic carbocycles. The van der Waals surface area contributed by atoms with Gasteiger partial charge in [0.15, 0.2) is 0 Å². The molecule has 9 heteroatoms. The number of hydrogen-bond acceptors (Lipinski definition) is 3. The van der Waals surface area contributed by atoms with E-state index >= 15 is 0 Å². The fraction of sp³-hybridized carbons (Fsp3) is 0.875. The first kappa shape index (κ1) is 28.1. The molecule has 0 amide bonds. The Balaban J connectivity index is 2.36. The Morgan fingerprint density at radius 3 is 2.09 bits per heavy atom. The van der Waals surface area contributed by atoms with Crippen LogP contribution in [0.25, 0.3) is 0 Å². The number of carbonyl (C=O) groups is 1. The van der Waals surface area contributed by atoms with Gasteiger partial charge in [0.25, 0.3) is 5.60 Å². The Morgan fingerprint density at radius 1 is 1.00 bits per heavy atom. The number of aliphatic hydroxyl groups is 2. The molecule has 2 aliphatic rings. The summed E-state index contributed by atoms with van der Waals surface area (Å²) in [6.45, 7) is 7.15. The van der Waals surface area contributed by atoms with Gasteiger partial charge in [0.2, 0.25) is 0 Å². The predicted octanol–water partition coefficient (Wildman–Crippen LogP) is 6.52. The molecule has 33 heavy (non-hydrogen) atoms. The van der Waals surface area contributed by atoms with E-state index in [9.17, 15) is 41.4 Å². The molecule has 2 rings (SSSR count). The maximum absolute atomic E-state index is 13.1. The molecule has 0 bridgehead atoms. The van der Waals surface area contributed by atoms with Gasteiger partial charge >= 0.3 is 12.4 Å². The third-order valence-electron chi connectivity index (χ3n) is 8.05. The summed E-state index contributed by atoms with van der Waals surface area (Å²) in [6.07, 6.45) is -6.52. The zero-order valence-corrected chi connectivity index (χ0v) is 19.7. The highest BCUT2D eigenvalue weighted by Crippen LogP contribution is 2.61. The smallest absolute Gasteiger partial charge is 0.390 e. The molecule has 0 radical (unpaired) electrons. The molecule has 0 spiro atoms. The second kappa shape index (κ2) is 9.17. The van der Waals surface area contributed by atoms with Gasteiger partial charge in [-0.2, -0.15) is 26.3 Å². The lowest BCUT2D eigenvalue weighted by Gasteiger charge is -2.48. The molecule has 2 fully saturated rings. The van der Waals surface area contributed by atoms with Crippen molar-refractivity contribution in [2.45, 2.75) is 109 Å². The van der Waals surface area contributed by atoms with Gasteiger partial charge in [-0.1, -0.05) is 26.3 Å². The van der Waals surface area contributed by atoms with E-state index in [1.165, 1.54) is 0 Å². The van der Waals surface area contributed by atoms with Gasteiger partial charge < -0.3 is 10.2 Å². The third-order valence-corrected chi connectivity index (χ3v) is 8.05. The van der Waals surface area contributed by atoms with Crippen molar-refractivity contribution in [2.75, 3.05) is 0 Å². The number of fused-ring (bicyclic) bond motifs is 1. The summed E-state index contributed by atoms with van der Waals surface area (Å²) < 4.78 is 78.6. The van der Waals surface area contributed by atoms with Crippen molar-refractivity contribution >= 4 is 5.78 Å². The SMILES string of the molecule is CC(C)(O)CCC[C@@](C)(CC=CC(O)(C(F)(F)F)C(F)(F)F)[C@H]1CC[C@H]2C(=O)CCC[C@]12C. The van der Waals surface area contributed by atoms with Crippen molar-refractivity contribution in [3.8, 4) is 0 Å². The summed E-state index contributed by atoms with van der Waals surface area (Å²) in [6, 6.07) is 0. The molecular weight excluding hydrogens is 450 g/mol. The standard InChI is InChI=1S/C24H36F6O3/c1-19(2,32)11-6-12-20(3,13-7-15-22(33,23(25,26)27)24(28,29)30)18-10-9-16-17(31)8-5-14-21(16,18)4/h7,15-16,18,32-33H,5-6,8-14H2,1-4H3/t16-,18+,20-,21-/m0/s1. The molecule has 3 nitrogen and oxygen atoms in total. The predicted molar refractivity (Wildman–Crippen MR) is 112 cm³/mol. The van der Waals surface area contributed by atoms with Gasteiger partial charge in [0, 0.05) is 12.3 Å². The summed E-state index contributed by atoms with van der Waals surface area (Å²) in [7, 11) is 0. The number of allylic oxidation sites excluding steroid dienone is 1. The summed E-state index contributed by atoms with van der Waals surface area (Å²) in [4.78, 5) is 12.5. The highest BCUT2D eigenvalue weighted by atomic mass is 19.4. The minimum absolute atomic E-state index is 0.0735. The number of alkyl halides is 6. The molecule has 0 saturated heterocycles. The topological polar surface area (TPSA) is 57.5 Å². The van der Waals surface area contributed by atoms with E-state index < -0.39 is 29.0 Å². The van der Waals surface area contributed by atoms with Crippen molar-refractivity contribution in [1.82, 2.24) is 0 Å². The van der Waals surface area contributed by atoms with Gasteiger partial charge in [0.05, 0.1) is 5.60 Å². The molecule has 0 heterocycles. The lowest BCUT2D eigenvalue weighted by molar-refractivity contribution is -0.347. The van der Waals surface area contributed by atoms with Crippen LogP contribution in [0.1, 0.15) is 85.5 Å². The normalized spacial score (nSPS) is 29.4. The summed E-state index contributed by atoms with van der Waals surface area (Å²) >= 11 is 0. The molecule has 0 aromatic heterocycles. The van der Waals surface area contributed by atoms with Crippen LogP contribution >= 0.6 is 0 Å². The molecule has 2 aliphatic carbocycles. The quantitative estimate of drug-likeness (QED) is 0.303. The van der Waals surface area contributed by atoms with Crippen LogP contribution in [-0.2, 0) is 4.79 Å². The first-order chi connectivity index (χ1) is 14.8. The van der Waals surface area contributed by atoms with Crippen LogP contribution < -0.4 is 0 Å². The van der Waals surface area contributed by atoms with Crippen LogP contribution in [-0.4, -0.2) is 39.6 Å². The Morgan fingerprint density at radius 2 is 1.58 bits per heavy atom. The monoisotopic (exact) mass is 486 g/mol. The number of carbonyl (C=O) groups excluding carboxylic acids is 1. The van der Waals surface area contributed by atoms with E-state index in [1.807, 2.05) is 13.8 Å². The molecule has 4 atom stereocenters. The van der Waals surface area contributed by atoms with Crippen molar-refractivity contribution in [3.63, 3.8) is 0 Å². The molecule has 0 aromatic rings. The van der Waals surface area contributed by atoms with Crippen molar-refractivity contribution < 1.29 is 41.4 Å². The molecule has 0 aliphatic heterocycles. The molecule has 2 N–H and O–H groups in total. The minimum atomic E-state index is -5.90. The third kappa shape index (κ3) is 5.77. The number of rotatable bonds is 8. The first-order valence-corrected chi connectivity index (χ1v) is 11.6. The van der Waals surface area contributed by atoms with Crippen molar-refractivity contribution in [1.29, 1.82) is 0 Å². The lowest BCUT2D eigenvalue weighted by atomic mass is 9.56. The van der Waals surface area contributed by atoms with E-state index in [0.717, 1.165) is 18.9 Å².